The highest BCUT2D eigenvalue weighted by molar-refractivity contribution is 7.47. The molecule has 10 heteroatoms. The van der Waals surface area contributed by atoms with Crippen LogP contribution in [-0.4, -0.2) is 49.3 Å². The van der Waals surface area contributed by atoms with Crippen molar-refractivity contribution in [1.82, 2.24) is 0 Å². The van der Waals surface area contributed by atoms with Gasteiger partial charge in [-0.25, -0.2) is 4.57 Å². The second-order valence-electron chi connectivity index (χ2n) is 21.6. The molecule has 456 valence electrons. The molecule has 0 fully saturated rings. The molecule has 2 atom stereocenters. The fraction of sp³-hybridized carbons (Fsp3) is 0.739. The van der Waals surface area contributed by atoms with Crippen LogP contribution >= 0.6 is 7.82 Å². The Bertz CT molecular complexity index is 1610. The second kappa shape index (κ2) is 64.1. The van der Waals surface area contributed by atoms with Crippen LogP contribution in [0.25, 0.3) is 0 Å². The van der Waals surface area contributed by atoms with E-state index < -0.39 is 26.5 Å². The summed E-state index contributed by atoms with van der Waals surface area (Å²) in [6.45, 7) is 3.61. The van der Waals surface area contributed by atoms with Crippen molar-refractivity contribution in [1.29, 1.82) is 0 Å². The summed E-state index contributed by atoms with van der Waals surface area (Å²) >= 11 is 0. The van der Waals surface area contributed by atoms with Crippen molar-refractivity contribution in [3.05, 3.63) is 97.2 Å². The monoisotopic (exact) mass is 1120 g/mol. The van der Waals surface area contributed by atoms with E-state index >= 15 is 0 Å². The highest BCUT2D eigenvalue weighted by Crippen LogP contribution is 2.43. The number of phosphoric acid groups is 1. The van der Waals surface area contributed by atoms with E-state index in [1.165, 1.54) is 173 Å². The highest BCUT2D eigenvalue weighted by Gasteiger charge is 2.26. The number of ether oxygens (including phenoxy) is 2. The zero-order valence-corrected chi connectivity index (χ0v) is 52.0. The zero-order valence-electron chi connectivity index (χ0n) is 51.1. The SMILES string of the molecule is CC/C=C\C/C=C\C/C=C\C/C=C\C/C=C\C/C=C\CCCCCCC(=O)OC(COC(=O)CCCCCCCCCCCCCCCCCCCCCCCCC/C=C\C/C=C\CCCCCCC)COP(=O)(O)OCCN. The number of hydrogen-bond donors (Lipinski definition) is 2. The van der Waals surface area contributed by atoms with Gasteiger partial charge in [-0.2, -0.15) is 0 Å². The first-order valence-corrected chi connectivity index (χ1v) is 34.2. The van der Waals surface area contributed by atoms with Crippen LogP contribution in [0.4, 0.5) is 0 Å². The first-order chi connectivity index (χ1) is 38.8. The summed E-state index contributed by atoms with van der Waals surface area (Å²) in [4.78, 5) is 35.3. The van der Waals surface area contributed by atoms with Crippen LogP contribution in [-0.2, 0) is 32.7 Å². The van der Waals surface area contributed by atoms with E-state index in [4.69, 9.17) is 24.3 Å². The minimum Gasteiger partial charge on any atom is -0.462 e. The zero-order chi connectivity index (χ0) is 57.3. The third-order valence-corrected chi connectivity index (χ3v) is 14.9. The van der Waals surface area contributed by atoms with Crippen molar-refractivity contribution < 1.29 is 37.6 Å². The Hall–Kier alpha value is -3.07. The van der Waals surface area contributed by atoms with Crippen molar-refractivity contribution in [2.24, 2.45) is 5.73 Å². The Morgan fingerprint density at radius 2 is 0.696 bits per heavy atom. The van der Waals surface area contributed by atoms with Gasteiger partial charge >= 0.3 is 19.8 Å². The molecule has 0 aliphatic rings. The molecular formula is C69H122NO8P. The molecular weight excluding hydrogens is 1000 g/mol. The third-order valence-electron chi connectivity index (χ3n) is 14.0. The predicted molar refractivity (Wildman–Crippen MR) is 339 cm³/mol. The van der Waals surface area contributed by atoms with Gasteiger partial charge in [0.05, 0.1) is 13.2 Å². The molecule has 0 aromatic heterocycles. The molecule has 0 rings (SSSR count). The molecule has 0 aromatic carbocycles. The van der Waals surface area contributed by atoms with E-state index in [0.717, 1.165) is 89.9 Å². The second-order valence-corrected chi connectivity index (χ2v) is 23.1. The summed E-state index contributed by atoms with van der Waals surface area (Å²) in [5.74, 6) is -0.852. The van der Waals surface area contributed by atoms with Crippen LogP contribution < -0.4 is 5.73 Å². The molecule has 79 heavy (non-hydrogen) atoms. The van der Waals surface area contributed by atoms with Gasteiger partial charge in [-0.3, -0.25) is 18.6 Å². The van der Waals surface area contributed by atoms with Gasteiger partial charge < -0.3 is 20.1 Å². The molecule has 0 saturated heterocycles. The lowest BCUT2D eigenvalue weighted by atomic mass is 10.0. The first-order valence-electron chi connectivity index (χ1n) is 32.7. The van der Waals surface area contributed by atoms with Gasteiger partial charge in [0, 0.05) is 19.4 Å². The Kier molecular flexibility index (Phi) is 61.6. The molecule has 0 saturated carbocycles. The highest BCUT2D eigenvalue weighted by atomic mass is 31.2. The van der Waals surface area contributed by atoms with E-state index in [-0.39, 0.29) is 38.6 Å². The van der Waals surface area contributed by atoms with Gasteiger partial charge in [0.2, 0.25) is 0 Å². The van der Waals surface area contributed by atoms with Crippen molar-refractivity contribution in [2.45, 2.75) is 302 Å². The fourth-order valence-electron chi connectivity index (χ4n) is 9.14. The molecule has 0 aliphatic carbocycles. The number of carbonyl (C=O) groups is 2. The summed E-state index contributed by atoms with van der Waals surface area (Å²) in [6, 6.07) is 0. The van der Waals surface area contributed by atoms with Crippen molar-refractivity contribution in [3.8, 4) is 0 Å². The molecule has 9 nitrogen and oxygen atoms in total. The third kappa shape index (κ3) is 64.0. The van der Waals surface area contributed by atoms with Gasteiger partial charge in [-0.05, 0) is 96.3 Å². The quantitative estimate of drug-likeness (QED) is 0.0264. The smallest absolute Gasteiger partial charge is 0.462 e. The number of nitrogens with two attached hydrogens (primary N) is 1. The van der Waals surface area contributed by atoms with Crippen molar-refractivity contribution in [3.63, 3.8) is 0 Å². The number of allylic oxidation sites excluding steroid dienone is 16. The van der Waals surface area contributed by atoms with Gasteiger partial charge in [0.25, 0.3) is 0 Å². The molecule has 0 heterocycles. The molecule has 0 spiro atoms. The van der Waals surface area contributed by atoms with E-state index in [1.807, 2.05) is 0 Å². The average Bonchev–Trinajstić information content (AvgIpc) is 3.44. The lowest BCUT2D eigenvalue weighted by molar-refractivity contribution is -0.161. The maximum Gasteiger partial charge on any atom is 0.472 e. The lowest BCUT2D eigenvalue weighted by Gasteiger charge is -2.19. The number of phosphoric ester groups is 1. The van der Waals surface area contributed by atoms with E-state index in [2.05, 4.69) is 111 Å². The fourth-order valence-corrected chi connectivity index (χ4v) is 9.91. The Balaban J connectivity index is 3.89. The number of hydrogen-bond acceptors (Lipinski definition) is 8. The summed E-state index contributed by atoms with van der Waals surface area (Å²) in [7, 11) is -4.40. The topological polar surface area (TPSA) is 134 Å². The number of rotatable bonds is 61. The number of esters is 2. The molecule has 0 aliphatic heterocycles. The average molecular weight is 1120 g/mol. The number of unbranched alkanes of at least 4 members (excludes halogenated alkanes) is 32. The predicted octanol–water partition coefficient (Wildman–Crippen LogP) is 21.2. The van der Waals surface area contributed by atoms with E-state index in [1.54, 1.807) is 0 Å². The van der Waals surface area contributed by atoms with Crippen LogP contribution in [0.15, 0.2) is 97.2 Å². The summed E-state index contributed by atoms with van der Waals surface area (Å²) in [6.07, 6.45) is 86.4. The Labute approximate surface area is 486 Å². The molecule has 2 unspecified atom stereocenters. The van der Waals surface area contributed by atoms with Gasteiger partial charge in [-0.1, -0.05) is 284 Å². The largest absolute Gasteiger partial charge is 0.472 e. The normalized spacial score (nSPS) is 13.6. The molecule has 0 aromatic rings. The summed E-state index contributed by atoms with van der Waals surface area (Å²) < 4.78 is 33.1. The van der Waals surface area contributed by atoms with Crippen molar-refractivity contribution in [2.75, 3.05) is 26.4 Å². The molecule has 3 N–H and O–H groups in total. The Morgan fingerprint density at radius 3 is 1.04 bits per heavy atom. The van der Waals surface area contributed by atoms with Crippen LogP contribution in [0.3, 0.4) is 0 Å². The summed E-state index contributed by atoms with van der Waals surface area (Å²) in [5.41, 5.74) is 5.39. The standard InChI is InChI=1S/C69H122NO8P/c1-3-5-7-9-11-13-15-17-19-21-23-25-27-28-29-30-31-32-33-34-35-36-37-38-40-41-43-45-47-49-51-53-55-57-59-61-68(71)75-65-67(66-77-79(73,74)76-64-63-70)78-69(72)62-60-58-56-54-52-50-48-46-44-42-39-26-24-22-20-18-16-14-12-10-8-6-4-2/h6,8,12,14-15,17-18,20-21,23-24,26,42,44,48,50,67H,3-5,7,9-11,13,16,19,22,25,27-41,43,45-47,49,51-66,70H2,1-2H3,(H,73,74)/b8-6-,14-12-,17-15-,20-18-,23-21-,26-24-,44-42-,50-48-. The minimum absolute atomic E-state index is 0.0453. The van der Waals surface area contributed by atoms with Crippen LogP contribution in [0, 0.1) is 0 Å². The maximum atomic E-state index is 12.7. The van der Waals surface area contributed by atoms with Crippen LogP contribution in [0.2, 0.25) is 0 Å². The van der Waals surface area contributed by atoms with E-state index in [0.29, 0.717) is 6.42 Å². The molecule has 0 bridgehead atoms. The van der Waals surface area contributed by atoms with Crippen LogP contribution in [0.1, 0.15) is 296 Å². The number of carbonyl (C=O) groups excluding carboxylic acids is 2. The van der Waals surface area contributed by atoms with Crippen LogP contribution in [0.5, 0.6) is 0 Å². The first kappa shape index (κ1) is 75.9. The Morgan fingerprint density at radius 1 is 0.392 bits per heavy atom. The van der Waals surface area contributed by atoms with Gasteiger partial charge in [0.15, 0.2) is 6.10 Å². The summed E-state index contributed by atoms with van der Waals surface area (Å²) in [5, 5.41) is 0. The molecule has 0 amide bonds. The van der Waals surface area contributed by atoms with Gasteiger partial charge in [0.1, 0.15) is 6.61 Å². The maximum absolute atomic E-state index is 12.7. The molecule has 0 radical (unpaired) electrons. The van der Waals surface area contributed by atoms with Crippen molar-refractivity contribution >= 4 is 19.8 Å². The van der Waals surface area contributed by atoms with Gasteiger partial charge in [-0.15, -0.1) is 0 Å². The minimum atomic E-state index is -4.40. The van der Waals surface area contributed by atoms with E-state index in [9.17, 15) is 19.0 Å². The lowest BCUT2D eigenvalue weighted by Crippen LogP contribution is -2.29.